The molecule has 0 unspecified atom stereocenters. The second kappa shape index (κ2) is 10.2. The Labute approximate surface area is 190 Å². The van der Waals surface area contributed by atoms with E-state index in [1.165, 1.54) is 23.5 Å². The maximum atomic E-state index is 13.3. The van der Waals surface area contributed by atoms with Crippen LogP contribution < -0.4 is 4.74 Å². The van der Waals surface area contributed by atoms with E-state index in [2.05, 4.69) is 9.97 Å². The van der Waals surface area contributed by atoms with Crippen LogP contribution in [-0.2, 0) is 19.7 Å². The minimum atomic E-state index is -0.282. The fourth-order valence-corrected chi connectivity index (χ4v) is 3.82. The number of carbonyl (C=O) groups excluding carboxylic acids is 1. The summed E-state index contributed by atoms with van der Waals surface area (Å²) in [6.07, 6.45) is 3.44. The van der Waals surface area contributed by atoms with Crippen LogP contribution in [0.3, 0.4) is 0 Å². The van der Waals surface area contributed by atoms with Gasteiger partial charge in [-0.15, -0.1) is 11.3 Å². The number of aryl methyl sites for hydroxylation is 1. The molecule has 5 nitrogen and oxygen atoms in total. The van der Waals surface area contributed by atoms with E-state index in [0.717, 1.165) is 21.7 Å². The lowest BCUT2D eigenvalue weighted by Gasteiger charge is -2.22. The van der Waals surface area contributed by atoms with Crippen molar-refractivity contribution in [3.63, 3.8) is 0 Å². The number of halogens is 1. The Morgan fingerprint density at radius 1 is 1.00 bits per heavy atom. The molecule has 0 saturated heterocycles. The molecule has 162 valence electrons. The van der Waals surface area contributed by atoms with Crippen molar-refractivity contribution in [1.29, 1.82) is 0 Å². The lowest BCUT2D eigenvalue weighted by atomic mass is 10.1. The fraction of sp³-hybridized carbons (Fsp3) is 0.160. The normalized spacial score (nSPS) is 10.7. The highest BCUT2D eigenvalue weighted by molar-refractivity contribution is 7.09. The van der Waals surface area contributed by atoms with Gasteiger partial charge >= 0.3 is 0 Å². The minimum Gasteiger partial charge on any atom is -0.489 e. The van der Waals surface area contributed by atoms with Crippen molar-refractivity contribution in [1.82, 2.24) is 14.9 Å². The molecule has 4 aromatic rings. The number of carbonyl (C=O) groups is 1. The van der Waals surface area contributed by atoms with Crippen LogP contribution in [0.5, 0.6) is 5.75 Å². The van der Waals surface area contributed by atoms with Crippen LogP contribution in [0.25, 0.3) is 0 Å². The summed E-state index contributed by atoms with van der Waals surface area (Å²) in [4.78, 5) is 23.3. The first-order valence-electron chi connectivity index (χ1n) is 10.1. The standard InChI is InChI=1S/C25H22FN3O2S/c1-18-28-24(17-32-18)25(30)29(15-20-9-11-27-12-10-20)14-19-5-7-23(8-6-19)31-16-21-3-2-4-22(26)13-21/h2-13,17H,14-16H2,1H3. The van der Waals surface area contributed by atoms with Crippen molar-refractivity contribution in [2.45, 2.75) is 26.6 Å². The fourth-order valence-electron chi connectivity index (χ4n) is 3.24. The number of nitrogens with zero attached hydrogens (tertiary/aromatic N) is 3. The Bertz CT molecular complexity index is 1180. The first-order valence-corrected chi connectivity index (χ1v) is 11.0. The molecule has 0 radical (unpaired) electrons. The van der Waals surface area contributed by atoms with Gasteiger partial charge in [-0.2, -0.15) is 0 Å². The van der Waals surface area contributed by atoms with E-state index in [0.29, 0.717) is 24.5 Å². The molecule has 0 aliphatic heterocycles. The van der Waals surface area contributed by atoms with Crippen LogP contribution in [0.1, 0.15) is 32.2 Å². The Balaban J connectivity index is 1.45. The zero-order chi connectivity index (χ0) is 22.3. The molecule has 4 rings (SSSR count). The van der Waals surface area contributed by atoms with Crippen LogP contribution in [0.15, 0.2) is 78.4 Å². The van der Waals surface area contributed by atoms with Gasteiger partial charge in [-0.3, -0.25) is 9.78 Å². The lowest BCUT2D eigenvalue weighted by molar-refractivity contribution is 0.0724. The molecule has 0 aliphatic carbocycles. The first kappa shape index (κ1) is 21.6. The highest BCUT2D eigenvalue weighted by atomic mass is 32.1. The van der Waals surface area contributed by atoms with Gasteiger partial charge in [0.25, 0.3) is 5.91 Å². The van der Waals surface area contributed by atoms with E-state index >= 15 is 0 Å². The Morgan fingerprint density at radius 2 is 1.72 bits per heavy atom. The average molecular weight is 448 g/mol. The third kappa shape index (κ3) is 5.76. The molecular weight excluding hydrogens is 425 g/mol. The van der Waals surface area contributed by atoms with Crippen LogP contribution in [0.2, 0.25) is 0 Å². The maximum absolute atomic E-state index is 13.3. The second-order valence-electron chi connectivity index (χ2n) is 7.33. The second-order valence-corrected chi connectivity index (χ2v) is 8.39. The molecule has 7 heteroatoms. The zero-order valence-corrected chi connectivity index (χ0v) is 18.4. The summed E-state index contributed by atoms with van der Waals surface area (Å²) >= 11 is 1.46. The summed E-state index contributed by atoms with van der Waals surface area (Å²) in [6.45, 7) is 3.06. The van der Waals surface area contributed by atoms with Crippen molar-refractivity contribution in [2.24, 2.45) is 0 Å². The summed E-state index contributed by atoms with van der Waals surface area (Å²) in [6, 6.07) is 17.7. The molecule has 0 aliphatic rings. The molecule has 32 heavy (non-hydrogen) atoms. The summed E-state index contributed by atoms with van der Waals surface area (Å²) in [7, 11) is 0. The largest absolute Gasteiger partial charge is 0.489 e. The first-order chi connectivity index (χ1) is 15.6. The molecule has 0 atom stereocenters. The highest BCUT2D eigenvalue weighted by Gasteiger charge is 2.19. The van der Waals surface area contributed by atoms with E-state index in [1.54, 1.807) is 28.7 Å². The van der Waals surface area contributed by atoms with Gasteiger partial charge in [0.15, 0.2) is 0 Å². The Morgan fingerprint density at radius 3 is 2.38 bits per heavy atom. The topological polar surface area (TPSA) is 55.3 Å². The molecule has 1 amide bonds. The van der Waals surface area contributed by atoms with Gasteiger partial charge in [0.05, 0.1) is 5.01 Å². The number of hydrogen-bond donors (Lipinski definition) is 0. The predicted molar refractivity (Wildman–Crippen MR) is 122 cm³/mol. The number of thiazole rings is 1. The minimum absolute atomic E-state index is 0.113. The van der Waals surface area contributed by atoms with Crippen LogP contribution in [0, 0.1) is 12.7 Å². The van der Waals surface area contributed by atoms with Gasteiger partial charge < -0.3 is 9.64 Å². The zero-order valence-electron chi connectivity index (χ0n) is 17.6. The van der Waals surface area contributed by atoms with Crippen molar-refractivity contribution in [3.05, 3.63) is 112 Å². The van der Waals surface area contributed by atoms with E-state index in [-0.39, 0.29) is 18.3 Å². The maximum Gasteiger partial charge on any atom is 0.273 e. The van der Waals surface area contributed by atoms with Gasteiger partial charge in [0.2, 0.25) is 0 Å². The summed E-state index contributed by atoms with van der Waals surface area (Å²) < 4.78 is 19.1. The Kier molecular flexibility index (Phi) is 6.87. The number of rotatable bonds is 8. The van der Waals surface area contributed by atoms with Gasteiger partial charge in [-0.1, -0.05) is 24.3 Å². The number of amides is 1. The number of benzene rings is 2. The molecular formula is C25H22FN3O2S. The van der Waals surface area contributed by atoms with Gasteiger partial charge in [-0.25, -0.2) is 9.37 Å². The van der Waals surface area contributed by atoms with Gasteiger partial charge in [-0.05, 0) is 60.0 Å². The molecule has 0 bridgehead atoms. The van der Waals surface area contributed by atoms with Crippen LogP contribution >= 0.6 is 11.3 Å². The molecule has 2 heterocycles. The highest BCUT2D eigenvalue weighted by Crippen LogP contribution is 2.19. The quantitative estimate of drug-likeness (QED) is 0.363. The molecule has 2 aromatic carbocycles. The molecule has 0 spiro atoms. The number of aromatic nitrogens is 2. The third-order valence-electron chi connectivity index (χ3n) is 4.84. The van der Waals surface area contributed by atoms with Gasteiger partial charge in [0, 0.05) is 30.9 Å². The average Bonchev–Trinajstić information content (AvgIpc) is 3.25. The summed E-state index contributed by atoms with van der Waals surface area (Å²) in [5.74, 6) is 0.286. The number of pyridine rings is 1. The van der Waals surface area contributed by atoms with Crippen molar-refractivity contribution >= 4 is 17.2 Å². The van der Waals surface area contributed by atoms with E-state index in [4.69, 9.17) is 4.74 Å². The number of hydrogen-bond acceptors (Lipinski definition) is 5. The van der Waals surface area contributed by atoms with Crippen LogP contribution in [0.4, 0.5) is 4.39 Å². The van der Waals surface area contributed by atoms with E-state index < -0.39 is 0 Å². The summed E-state index contributed by atoms with van der Waals surface area (Å²) in [5, 5.41) is 2.65. The Hall–Kier alpha value is -3.58. The summed E-state index contributed by atoms with van der Waals surface area (Å²) in [5.41, 5.74) is 3.19. The van der Waals surface area contributed by atoms with E-state index in [1.807, 2.05) is 49.4 Å². The monoisotopic (exact) mass is 447 g/mol. The lowest BCUT2D eigenvalue weighted by Crippen LogP contribution is -2.30. The van der Waals surface area contributed by atoms with Crippen LogP contribution in [-0.4, -0.2) is 20.8 Å². The van der Waals surface area contributed by atoms with E-state index in [9.17, 15) is 9.18 Å². The SMILES string of the molecule is Cc1nc(C(=O)N(Cc2ccncc2)Cc2ccc(OCc3cccc(F)c3)cc2)cs1. The number of ether oxygens (including phenoxy) is 1. The van der Waals surface area contributed by atoms with Crippen molar-refractivity contribution < 1.29 is 13.9 Å². The molecule has 2 aromatic heterocycles. The van der Waals surface area contributed by atoms with Gasteiger partial charge in [0.1, 0.15) is 23.9 Å². The predicted octanol–water partition coefficient (Wildman–Crippen LogP) is 5.41. The molecule has 0 N–H and O–H groups in total. The molecule has 0 saturated carbocycles. The van der Waals surface area contributed by atoms with Crippen molar-refractivity contribution in [3.8, 4) is 5.75 Å². The smallest absolute Gasteiger partial charge is 0.273 e. The third-order valence-corrected chi connectivity index (χ3v) is 5.61. The molecule has 0 fully saturated rings. The van der Waals surface area contributed by atoms with Crippen molar-refractivity contribution in [2.75, 3.05) is 0 Å².